The van der Waals surface area contributed by atoms with Gasteiger partial charge in [-0.15, -0.1) is 5.10 Å². The van der Waals surface area contributed by atoms with E-state index in [9.17, 15) is 4.79 Å². The summed E-state index contributed by atoms with van der Waals surface area (Å²) in [5, 5.41) is 11.3. The Bertz CT molecular complexity index is 995. The molecule has 8 nitrogen and oxygen atoms in total. The third-order valence-corrected chi connectivity index (χ3v) is 8.02. The van der Waals surface area contributed by atoms with Crippen molar-refractivity contribution in [1.82, 2.24) is 35.0 Å². The Morgan fingerprint density at radius 2 is 1.75 bits per heavy atom. The molecule has 5 rings (SSSR count). The number of allylic oxidation sites excluding steroid dienone is 2. The summed E-state index contributed by atoms with van der Waals surface area (Å²) in [5.74, 6) is 1.11. The molecule has 0 atom stereocenters. The van der Waals surface area contributed by atoms with Gasteiger partial charge in [0, 0.05) is 43.0 Å². The van der Waals surface area contributed by atoms with Gasteiger partial charge in [-0.25, -0.2) is 4.98 Å². The van der Waals surface area contributed by atoms with Crippen molar-refractivity contribution in [2.45, 2.75) is 58.8 Å². The summed E-state index contributed by atoms with van der Waals surface area (Å²) in [4.78, 5) is 21.7. The van der Waals surface area contributed by atoms with Crippen LogP contribution in [-0.4, -0.2) is 73.5 Å². The molecular formula is C24H33N7O. The van der Waals surface area contributed by atoms with E-state index in [1.807, 2.05) is 13.0 Å². The predicted octanol–water partition coefficient (Wildman–Crippen LogP) is 2.72. The van der Waals surface area contributed by atoms with E-state index in [-0.39, 0.29) is 0 Å². The van der Waals surface area contributed by atoms with Crippen molar-refractivity contribution in [2.75, 3.05) is 32.7 Å². The SMILES string of the molecule is CC1=C(N2CCC3(CCN(CCc4ccc(-n5cnnn5)nc4C)CC3)CC2)CCC1=O. The summed E-state index contributed by atoms with van der Waals surface area (Å²) in [6.45, 7) is 9.80. The predicted molar refractivity (Wildman–Crippen MR) is 121 cm³/mol. The lowest BCUT2D eigenvalue weighted by molar-refractivity contribution is -0.114. The van der Waals surface area contributed by atoms with Crippen LogP contribution in [0, 0.1) is 12.3 Å². The Hall–Kier alpha value is -2.61. The first-order valence-corrected chi connectivity index (χ1v) is 11.9. The molecule has 0 amide bonds. The van der Waals surface area contributed by atoms with Gasteiger partial charge in [-0.3, -0.25) is 4.79 Å². The number of rotatable bonds is 5. The standard InChI is InChI=1S/C24H33N7O/c1-18-21(4-5-22(18)32)30-15-10-24(11-16-30)8-13-29(14-9-24)12-7-20-3-6-23(26-19(20)2)31-17-25-27-28-31/h3,6,17H,4-5,7-16H2,1-2H3. The Morgan fingerprint density at radius 3 is 2.38 bits per heavy atom. The van der Waals surface area contributed by atoms with Crippen LogP contribution >= 0.6 is 0 Å². The van der Waals surface area contributed by atoms with Crippen LogP contribution < -0.4 is 0 Å². The zero-order chi connectivity index (χ0) is 22.1. The second-order valence-corrected chi connectivity index (χ2v) is 9.74. The van der Waals surface area contributed by atoms with Gasteiger partial charge in [0.15, 0.2) is 11.6 Å². The van der Waals surface area contributed by atoms with Crippen molar-refractivity contribution in [3.63, 3.8) is 0 Å². The first kappa shape index (κ1) is 21.2. The highest BCUT2D eigenvalue weighted by molar-refractivity contribution is 5.97. The van der Waals surface area contributed by atoms with E-state index in [0.717, 1.165) is 49.6 Å². The molecule has 3 aliphatic rings. The lowest BCUT2D eigenvalue weighted by atomic mass is 9.71. The molecule has 0 aromatic carbocycles. The quantitative estimate of drug-likeness (QED) is 0.714. The summed E-state index contributed by atoms with van der Waals surface area (Å²) in [5.41, 5.74) is 5.21. The molecule has 170 valence electrons. The smallest absolute Gasteiger partial charge is 0.160 e. The van der Waals surface area contributed by atoms with Gasteiger partial charge >= 0.3 is 0 Å². The Balaban J connectivity index is 1.11. The minimum atomic E-state index is 0.351. The molecule has 2 aromatic rings. The molecule has 0 unspecified atom stereocenters. The number of aromatic nitrogens is 5. The number of piperidine rings is 2. The molecule has 2 aliphatic heterocycles. The van der Waals surface area contributed by atoms with Crippen molar-refractivity contribution in [1.29, 1.82) is 0 Å². The van der Waals surface area contributed by atoms with E-state index in [0.29, 0.717) is 17.6 Å². The highest BCUT2D eigenvalue weighted by atomic mass is 16.1. The summed E-state index contributed by atoms with van der Waals surface area (Å²) in [7, 11) is 0. The first-order chi connectivity index (χ1) is 15.5. The molecule has 4 heterocycles. The normalized spacial score (nSPS) is 21.7. The Labute approximate surface area is 189 Å². The average Bonchev–Trinajstić information content (AvgIpc) is 3.46. The second-order valence-electron chi connectivity index (χ2n) is 9.74. The van der Waals surface area contributed by atoms with Gasteiger partial charge in [0.1, 0.15) is 6.33 Å². The van der Waals surface area contributed by atoms with E-state index in [1.54, 1.807) is 11.0 Å². The number of hydrogen-bond donors (Lipinski definition) is 0. The van der Waals surface area contributed by atoms with Gasteiger partial charge in [-0.1, -0.05) is 6.07 Å². The number of carbonyl (C=O) groups excluding carboxylic acids is 1. The van der Waals surface area contributed by atoms with Crippen LogP contribution in [0.5, 0.6) is 0 Å². The molecule has 2 fully saturated rings. The number of hydrogen-bond acceptors (Lipinski definition) is 7. The zero-order valence-electron chi connectivity index (χ0n) is 19.3. The van der Waals surface area contributed by atoms with E-state index < -0.39 is 0 Å². The molecule has 32 heavy (non-hydrogen) atoms. The van der Waals surface area contributed by atoms with Gasteiger partial charge in [-0.2, -0.15) is 4.68 Å². The number of ketones is 1. The Morgan fingerprint density at radius 1 is 1.00 bits per heavy atom. The summed E-state index contributed by atoms with van der Waals surface area (Å²) < 4.78 is 1.59. The minimum Gasteiger partial charge on any atom is -0.374 e. The van der Waals surface area contributed by atoms with Gasteiger partial charge in [0.2, 0.25) is 0 Å². The summed E-state index contributed by atoms with van der Waals surface area (Å²) in [6, 6.07) is 4.15. The van der Waals surface area contributed by atoms with E-state index >= 15 is 0 Å². The highest BCUT2D eigenvalue weighted by Gasteiger charge is 2.38. The molecule has 0 N–H and O–H groups in total. The third kappa shape index (κ3) is 4.20. The molecule has 1 spiro atoms. The minimum absolute atomic E-state index is 0.351. The number of nitrogens with zero attached hydrogens (tertiary/aromatic N) is 7. The number of tetrazole rings is 1. The average molecular weight is 436 g/mol. The fourth-order valence-corrected chi connectivity index (χ4v) is 5.68. The maximum absolute atomic E-state index is 11.9. The molecular weight excluding hydrogens is 402 g/mol. The second kappa shape index (κ2) is 8.73. The number of pyridine rings is 1. The number of carbonyl (C=O) groups is 1. The van der Waals surface area contributed by atoms with Crippen LogP contribution in [0.1, 0.15) is 56.7 Å². The van der Waals surface area contributed by atoms with Crippen LogP contribution in [0.25, 0.3) is 5.82 Å². The molecule has 0 radical (unpaired) electrons. The van der Waals surface area contributed by atoms with E-state index in [4.69, 9.17) is 0 Å². The van der Waals surface area contributed by atoms with Crippen LogP contribution in [0.3, 0.4) is 0 Å². The monoisotopic (exact) mass is 435 g/mol. The van der Waals surface area contributed by atoms with Gasteiger partial charge < -0.3 is 9.80 Å². The maximum Gasteiger partial charge on any atom is 0.160 e. The number of likely N-dealkylation sites (tertiary alicyclic amines) is 2. The molecule has 1 aliphatic carbocycles. The fraction of sp³-hybridized carbons (Fsp3) is 0.625. The lowest BCUT2D eigenvalue weighted by Gasteiger charge is -2.48. The third-order valence-electron chi connectivity index (χ3n) is 8.02. The number of aryl methyl sites for hydroxylation is 1. The molecule has 2 aromatic heterocycles. The van der Waals surface area contributed by atoms with Crippen LogP contribution in [0.4, 0.5) is 0 Å². The highest BCUT2D eigenvalue weighted by Crippen LogP contribution is 2.43. The summed E-state index contributed by atoms with van der Waals surface area (Å²) >= 11 is 0. The van der Waals surface area contributed by atoms with Crippen molar-refractivity contribution < 1.29 is 4.79 Å². The van der Waals surface area contributed by atoms with Gasteiger partial charge in [0.05, 0.1) is 0 Å². The van der Waals surface area contributed by atoms with E-state index in [1.165, 1.54) is 50.0 Å². The van der Waals surface area contributed by atoms with E-state index in [2.05, 4.69) is 43.3 Å². The van der Waals surface area contributed by atoms with Gasteiger partial charge in [0.25, 0.3) is 0 Å². The Kier molecular flexibility index (Phi) is 5.80. The largest absolute Gasteiger partial charge is 0.374 e. The van der Waals surface area contributed by atoms with Crippen LogP contribution in [0.15, 0.2) is 29.7 Å². The molecule has 2 saturated heterocycles. The molecule has 0 bridgehead atoms. The molecule has 0 saturated carbocycles. The number of Topliss-reactive ketones (excluding diaryl/α,β-unsaturated/α-hetero) is 1. The fourth-order valence-electron chi connectivity index (χ4n) is 5.68. The topological polar surface area (TPSA) is 80.0 Å². The summed E-state index contributed by atoms with van der Waals surface area (Å²) in [6.07, 6.45) is 9.41. The van der Waals surface area contributed by atoms with Crippen molar-refractivity contribution in [3.8, 4) is 5.82 Å². The first-order valence-electron chi connectivity index (χ1n) is 11.9. The van der Waals surface area contributed by atoms with Crippen molar-refractivity contribution in [2.24, 2.45) is 5.41 Å². The lowest BCUT2D eigenvalue weighted by Crippen LogP contribution is -2.46. The van der Waals surface area contributed by atoms with Crippen LogP contribution in [0.2, 0.25) is 0 Å². The van der Waals surface area contributed by atoms with Crippen molar-refractivity contribution in [3.05, 3.63) is 41.0 Å². The zero-order valence-corrected chi connectivity index (χ0v) is 19.3. The maximum atomic E-state index is 11.9. The molecule has 8 heteroatoms. The van der Waals surface area contributed by atoms with Crippen LogP contribution in [-0.2, 0) is 11.2 Å². The van der Waals surface area contributed by atoms with Crippen molar-refractivity contribution >= 4 is 5.78 Å². The van der Waals surface area contributed by atoms with Gasteiger partial charge in [-0.05, 0) is 92.9 Å².